The summed E-state index contributed by atoms with van der Waals surface area (Å²) < 4.78 is 0. The van der Waals surface area contributed by atoms with Gasteiger partial charge in [0.15, 0.2) is 0 Å². The fraction of sp³-hybridized carbons (Fsp3) is 0.0833. The van der Waals surface area contributed by atoms with Gasteiger partial charge in [0.2, 0.25) is 0 Å². The molecule has 5 rings (SSSR count). The topological polar surface area (TPSA) is 51.3 Å². The molecule has 1 aromatic heterocycles. The van der Waals surface area contributed by atoms with Gasteiger partial charge in [0.25, 0.3) is 0 Å². The summed E-state index contributed by atoms with van der Waals surface area (Å²) in [7, 11) is 0. The lowest BCUT2D eigenvalue weighted by molar-refractivity contribution is 0.803. The summed E-state index contributed by atoms with van der Waals surface area (Å²) in [5, 5.41) is 3.49. The van der Waals surface area contributed by atoms with Crippen molar-refractivity contribution in [1.82, 2.24) is 4.98 Å². The van der Waals surface area contributed by atoms with Crippen molar-refractivity contribution in [3.8, 4) is 0 Å². The zero-order valence-electron chi connectivity index (χ0n) is 15.1. The molecule has 0 saturated heterocycles. The van der Waals surface area contributed by atoms with Crippen LogP contribution in [0.15, 0.2) is 84.0 Å². The normalized spacial score (nSPS) is 19.0. The molecule has 3 aromatic carbocycles. The first-order valence-corrected chi connectivity index (χ1v) is 9.06. The Balaban J connectivity index is 1.87. The van der Waals surface area contributed by atoms with E-state index in [2.05, 4.69) is 71.7 Å². The average molecular weight is 349 g/mol. The Morgan fingerprint density at radius 3 is 2.56 bits per heavy atom. The maximum Gasteiger partial charge on any atom is 0.0967 e. The van der Waals surface area contributed by atoms with Gasteiger partial charge in [-0.05, 0) is 34.9 Å². The van der Waals surface area contributed by atoms with Crippen molar-refractivity contribution >= 4 is 39.2 Å². The molecule has 0 aliphatic carbocycles. The molecule has 1 aliphatic heterocycles. The molecule has 0 bridgehead atoms. The summed E-state index contributed by atoms with van der Waals surface area (Å²) >= 11 is 0. The van der Waals surface area contributed by atoms with E-state index in [1.807, 2.05) is 25.4 Å². The fourth-order valence-electron chi connectivity index (χ4n) is 3.79. The highest BCUT2D eigenvalue weighted by Crippen LogP contribution is 2.40. The number of fused-ring (bicyclic) bond motifs is 4. The SMILES string of the molecule is CC1(N)C=Nc2c(ccc3cccnc23)C(c2cccc3ccccc23)=C1. The standard InChI is InChI=1S/C24H19N3/c1-24(25)14-21(19-10-4-7-16-6-2-3-9-18(16)19)20-12-11-17-8-5-13-26-22(17)23(20)27-15-24/h2-15H,25H2,1H3. The average Bonchev–Trinajstić information content (AvgIpc) is 2.83. The molecule has 4 aromatic rings. The quantitative estimate of drug-likeness (QED) is 0.510. The largest absolute Gasteiger partial charge is 0.318 e. The first kappa shape index (κ1) is 15.9. The van der Waals surface area contributed by atoms with E-state index in [0.29, 0.717) is 0 Å². The highest BCUT2D eigenvalue weighted by Gasteiger charge is 2.23. The van der Waals surface area contributed by atoms with Gasteiger partial charge in [-0.2, -0.15) is 0 Å². The number of benzene rings is 3. The number of nitrogens with two attached hydrogens (primary N) is 1. The van der Waals surface area contributed by atoms with E-state index in [0.717, 1.165) is 33.3 Å². The van der Waals surface area contributed by atoms with Crippen LogP contribution in [0.25, 0.3) is 27.2 Å². The van der Waals surface area contributed by atoms with Gasteiger partial charge >= 0.3 is 0 Å². The van der Waals surface area contributed by atoms with Gasteiger partial charge in [-0.15, -0.1) is 0 Å². The monoisotopic (exact) mass is 349 g/mol. The third kappa shape index (κ3) is 2.64. The lowest BCUT2D eigenvalue weighted by Crippen LogP contribution is -2.35. The number of hydrogen-bond acceptors (Lipinski definition) is 3. The summed E-state index contributed by atoms with van der Waals surface area (Å²) in [4.78, 5) is 9.35. The summed E-state index contributed by atoms with van der Waals surface area (Å²) in [6.07, 6.45) is 5.74. The first-order chi connectivity index (χ1) is 13.1. The van der Waals surface area contributed by atoms with Gasteiger partial charge in [-0.25, -0.2) is 0 Å². The summed E-state index contributed by atoms with van der Waals surface area (Å²) in [5.74, 6) is 0. The van der Waals surface area contributed by atoms with Gasteiger partial charge in [-0.3, -0.25) is 9.98 Å². The molecule has 0 spiro atoms. The van der Waals surface area contributed by atoms with Crippen LogP contribution in [0.4, 0.5) is 5.69 Å². The van der Waals surface area contributed by atoms with Crippen molar-refractivity contribution in [3.05, 3.63) is 90.1 Å². The van der Waals surface area contributed by atoms with Crippen molar-refractivity contribution in [2.75, 3.05) is 0 Å². The number of aromatic nitrogens is 1. The smallest absolute Gasteiger partial charge is 0.0967 e. The van der Waals surface area contributed by atoms with Crippen molar-refractivity contribution in [1.29, 1.82) is 0 Å². The van der Waals surface area contributed by atoms with Gasteiger partial charge in [0, 0.05) is 23.4 Å². The van der Waals surface area contributed by atoms with E-state index in [1.165, 1.54) is 10.8 Å². The number of pyridine rings is 1. The van der Waals surface area contributed by atoms with Crippen molar-refractivity contribution in [2.24, 2.45) is 10.7 Å². The minimum absolute atomic E-state index is 0.646. The lowest BCUT2D eigenvalue weighted by Gasteiger charge is -2.17. The molecular formula is C24H19N3. The second-order valence-corrected chi connectivity index (χ2v) is 7.25. The molecule has 1 aliphatic rings. The summed E-state index contributed by atoms with van der Waals surface area (Å²) in [6.45, 7) is 1.98. The molecule has 130 valence electrons. The van der Waals surface area contributed by atoms with Gasteiger partial charge in [-0.1, -0.05) is 66.7 Å². The minimum Gasteiger partial charge on any atom is -0.318 e. The molecule has 27 heavy (non-hydrogen) atoms. The van der Waals surface area contributed by atoms with Crippen LogP contribution in [-0.2, 0) is 0 Å². The molecule has 1 unspecified atom stereocenters. The molecule has 0 fully saturated rings. The van der Waals surface area contributed by atoms with Gasteiger partial charge < -0.3 is 5.73 Å². The fourth-order valence-corrected chi connectivity index (χ4v) is 3.79. The molecular weight excluding hydrogens is 330 g/mol. The van der Waals surface area contributed by atoms with Crippen molar-refractivity contribution in [3.63, 3.8) is 0 Å². The van der Waals surface area contributed by atoms with Crippen LogP contribution >= 0.6 is 0 Å². The molecule has 2 heterocycles. The molecule has 1 atom stereocenters. The first-order valence-electron chi connectivity index (χ1n) is 9.06. The van der Waals surface area contributed by atoms with E-state index in [4.69, 9.17) is 10.7 Å². The summed E-state index contributed by atoms with van der Waals surface area (Å²) in [5.41, 5.74) is 11.0. The Kier molecular flexibility index (Phi) is 3.46. The highest BCUT2D eigenvalue weighted by molar-refractivity contribution is 6.06. The number of aliphatic imine (C=N–C) groups is 1. The van der Waals surface area contributed by atoms with Crippen LogP contribution in [-0.4, -0.2) is 16.7 Å². The van der Waals surface area contributed by atoms with Gasteiger partial charge in [0.1, 0.15) is 0 Å². The van der Waals surface area contributed by atoms with Crippen LogP contribution in [0, 0.1) is 0 Å². The van der Waals surface area contributed by atoms with Crippen LogP contribution in [0.5, 0.6) is 0 Å². The number of nitrogens with zero attached hydrogens (tertiary/aromatic N) is 2. The van der Waals surface area contributed by atoms with Gasteiger partial charge in [0.05, 0.1) is 16.7 Å². The van der Waals surface area contributed by atoms with E-state index in [-0.39, 0.29) is 0 Å². The Hall–Kier alpha value is -3.30. The van der Waals surface area contributed by atoms with E-state index in [1.54, 1.807) is 0 Å². The van der Waals surface area contributed by atoms with E-state index < -0.39 is 5.54 Å². The van der Waals surface area contributed by atoms with Crippen LogP contribution in [0.3, 0.4) is 0 Å². The molecule has 3 nitrogen and oxygen atoms in total. The molecule has 0 radical (unpaired) electrons. The molecule has 2 N–H and O–H groups in total. The zero-order valence-corrected chi connectivity index (χ0v) is 15.1. The lowest BCUT2D eigenvalue weighted by atomic mass is 9.89. The zero-order chi connectivity index (χ0) is 18.4. The molecule has 3 heteroatoms. The summed E-state index contributed by atoms with van der Waals surface area (Å²) in [6, 6.07) is 23.1. The minimum atomic E-state index is -0.646. The second kappa shape index (κ2) is 5.86. The van der Waals surface area contributed by atoms with Crippen LogP contribution < -0.4 is 5.73 Å². The third-order valence-corrected chi connectivity index (χ3v) is 5.05. The Bertz CT molecular complexity index is 1240. The van der Waals surface area contributed by atoms with Crippen LogP contribution in [0.1, 0.15) is 18.1 Å². The number of rotatable bonds is 1. The molecule has 0 amide bonds. The highest BCUT2D eigenvalue weighted by atomic mass is 14.8. The molecule has 0 saturated carbocycles. The number of hydrogen-bond donors (Lipinski definition) is 1. The Morgan fingerprint density at radius 2 is 1.63 bits per heavy atom. The predicted molar refractivity (Wildman–Crippen MR) is 114 cm³/mol. The van der Waals surface area contributed by atoms with Crippen molar-refractivity contribution < 1.29 is 0 Å². The maximum atomic E-state index is 6.53. The van der Waals surface area contributed by atoms with E-state index >= 15 is 0 Å². The predicted octanol–water partition coefficient (Wildman–Crippen LogP) is 5.25. The second-order valence-electron chi connectivity index (χ2n) is 7.25. The van der Waals surface area contributed by atoms with Crippen LogP contribution in [0.2, 0.25) is 0 Å². The van der Waals surface area contributed by atoms with Crippen molar-refractivity contribution in [2.45, 2.75) is 12.5 Å². The third-order valence-electron chi connectivity index (χ3n) is 5.05. The Morgan fingerprint density at radius 1 is 0.815 bits per heavy atom. The maximum absolute atomic E-state index is 6.53. The Labute approximate surface area is 157 Å². The van der Waals surface area contributed by atoms with E-state index in [9.17, 15) is 0 Å².